The summed E-state index contributed by atoms with van der Waals surface area (Å²) in [7, 11) is 0. The molecule has 0 atom stereocenters. The predicted molar refractivity (Wildman–Crippen MR) is 69.3 cm³/mol. The van der Waals surface area contributed by atoms with Gasteiger partial charge < -0.3 is 4.98 Å². The zero-order valence-corrected chi connectivity index (χ0v) is 10.6. The molecule has 82 valence electrons. The minimum Gasteiger partial charge on any atom is -0.343 e. The first-order valence-electron chi connectivity index (χ1n) is 4.91. The zero-order chi connectivity index (χ0) is 11.7. The second-order valence-electron chi connectivity index (χ2n) is 3.64. The highest BCUT2D eigenvalue weighted by atomic mass is 35.5. The molecular formula is C12H11ClN2S. The molecule has 0 fully saturated rings. The van der Waals surface area contributed by atoms with Crippen LogP contribution in [0.25, 0.3) is 11.3 Å². The minimum absolute atomic E-state index is 0.631. The van der Waals surface area contributed by atoms with Crippen LogP contribution in [0.2, 0.25) is 5.02 Å². The minimum atomic E-state index is 0.631. The van der Waals surface area contributed by atoms with Crippen molar-refractivity contribution in [2.45, 2.75) is 13.8 Å². The summed E-state index contributed by atoms with van der Waals surface area (Å²) < 4.78 is 0.631. The number of aromatic amines is 1. The third-order valence-electron chi connectivity index (χ3n) is 2.38. The Hall–Kier alpha value is -1.19. The fraction of sp³-hybridized carbons (Fsp3) is 0.167. The van der Waals surface area contributed by atoms with Crippen molar-refractivity contribution in [1.29, 1.82) is 0 Å². The van der Waals surface area contributed by atoms with Crippen molar-refractivity contribution in [2.75, 3.05) is 0 Å². The molecule has 1 heterocycles. The lowest BCUT2D eigenvalue weighted by Gasteiger charge is -2.07. The van der Waals surface area contributed by atoms with Gasteiger partial charge in [-0.25, -0.2) is 4.98 Å². The molecule has 2 rings (SSSR count). The molecule has 1 N–H and O–H groups in total. The van der Waals surface area contributed by atoms with Gasteiger partial charge in [-0.2, -0.15) is 0 Å². The van der Waals surface area contributed by atoms with Gasteiger partial charge in [0.25, 0.3) is 0 Å². The summed E-state index contributed by atoms with van der Waals surface area (Å²) in [6.07, 6.45) is 0. The number of hydrogen-bond acceptors (Lipinski definition) is 2. The average molecular weight is 251 g/mol. The fourth-order valence-corrected chi connectivity index (χ4v) is 2.01. The highest BCUT2D eigenvalue weighted by Gasteiger charge is 2.05. The SMILES string of the molecule is Cc1nc(=S)c(C)c(-c2cccc(Cl)c2)[nH]1. The van der Waals surface area contributed by atoms with E-state index in [1.165, 1.54) is 0 Å². The van der Waals surface area contributed by atoms with Crippen LogP contribution in [0.15, 0.2) is 24.3 Å². The van der Waals surface area contributed by atoms with Gasteiger partial charge in [-0.3, -0.25) is 0 Å². The number of rotatable bonds is 1. The quantitative estimate of drug-likeness (QED) is 0.773. The van der Waals surface area contributed by atoms with Gasteiger partial charge in [-0.15, -0.1) is 0 Å². The molecule has 0 bridgehead atoms. The highest BCUT2D eigenvalue weighted by Crippen LogP contribution is 2.24. The van der Waals surface area contributed by atoms with E-state index in [1.54, 1.807) is 0 Å². The van der Waals surface area contributed by atoms with Crippen LogP contribution in [0.3, 0.4) is 0 Å². The second-order valence-corrected chi connectivity index (χ2v) is 4.46. The van der Waals surface area contributed by atoms with Crippen LogP contribution in [0, 0.1) is 18.5 Å². The van der Waals surface area contributed by atoms with E-state index >= 15 is 0 Å². The smallest absolute Gasteiger partial charge is 0.133 e. The summed E-state index contributed by atoms with van der Waals surface area (Å²) in [5, 5.41) is 0.714. The number of aryl methyl sites for hydroxylation is 1. The summed E-state index contributed by atoms with van der Waals surface area (Å²) in [4.78, 5) is 7.43. The maximum atomic E-state index is 5.97. The molecule has 0 amide bonds. The van der Waals surface area contributed by atoms with Crippen molar-refractivity contribution in [2.24, 2.45) is 0 Å². The lowest BCUT2D eigenvalue weighted by Crippen LogP contribution is -1.96. The molecular weight excluding hydrogens is 240 g/mol. The third kappa shape index (κ3) is 2.15. The molecule has 2 aromatic rings. The number of benzene rings is 1. The Labute approximate surface area is 104 Å². The normalized spacial score (nSPS) is 10.4. The summed E-state index contributed by atoms with van der Waals surface area (Å²) >= 11 is 11.2. The maximum absolute atomic E-state index is 5.97. The van der Waals surface area contributed by atoms with E-state index < -0.39 is 0 Å². The second kappa shape index (κ2) is 4.36. The molecule has 0 spiro atoms. The zero-order valence-electron chi connectivity index (χ0n) is 9.04. The van der Waals surface area contributed by atoms with Crippen LogP contribution in [0.1, 0.15) is 11.4 Å². The highest BCUT2D eigenvalue weighted by molar-refractivity contribution is 7.71. The Morgan fingerprint density at radius 2 is 2.06 bits per heavy atom. The number of halogens is 1. The van der Waals surface area contributed by atoms with Crippen LogP contribution in [0.4, 0.5) is 0 Å². The van der Waals surface area contributed by atoms with E-state index in [0.717, 1.165) is 22.6 Å². The first-order valence-corrected chi connectivity index (χ1v) is 5.70. The molecule has 0 saturated carbocycles. The topological polar surface area (TPSA) is 28.7 Å². The van der Waals surface area contributed by atoms with Gasteiger partial charge in [0.2, 0.25) is 0 Å². The van der Waals surface area contributed by atoms with Gasteiger partial charge in [0.05, 0.1) is 5.69 Å². The van der Waals surface area contributed by atoms with Gasteiger partial charge in [0, 0.05) is 10.6 Å². The summed E-state index contributed by atoms with van der Waals surface area (Å²) in [6, 6.07) is 7.68. The molecule has 0 aliphatic heterocycles. The van der Waals surface area contributed by atoms with E-state index in [9.17, 15) is 0 Å². The summed E-state index contributed by atoms with van der Waals surface area (Å²) in [6.45, 7) is 3.85. The van der Waals surface area contributed by atoms with Gasteiger partial charge >= 0.3 is 0 Å². The van der Waals surface area contributed by atoms with E-state index in [-0.39, 0.29) is 0 Å². The van der Waals surface area contributed by atoms with Crippen molar-refractivity contribution >= 4 is 23.8 Å². The van der Waals surface area contributed by atoms with Gasteiger partial charge in [-0.05, 0) is 31.5 Å². The summed E-state index contributed by atoms with van der Waals surface area (Å²) in [5.74, 6) is 0.811. The van der Waals surface area contributed by atoms with Crippen molar-refractivity contribution < 1.29 is 0 Å². The number of nitrogens with one attached hydrogen (secondary N) is 1. The van der Waals surface area contributed by atoms with Crippen molar-refractivity contribution in [1.82, 2.24) is 9.97 Å². The summed E-state index contributed by atoms with van der Waals surface area (Å²) in [5.41, 5.74) is 2.99. The van der Waals surface area contributed by atoms with E-state index in [2.05, 4.69) is 9.97 Å². The molecule has 1 aromatic carbocycles. The Kier molecular flexibility index (Phi) is 3.08. The molecule has 0 radical (unpaired) electrons. The molecule has 0 aliphatic rings. The lowest BCUT2D eigenvalue weighted by molar-refractivity contribution is 1.02. The molecule has 1 aromatic heterocycles. The first-order chi connectivity index (χ1) is 7.58. The molecule has 0 saturated heterocycles. The largest absolute Gasteiger partial charge is 0.343 e. The molecule has 0 unspecified atom stereocenters. The van der Waals surface area contributed by atoms with E-state index in [1.807, 2.05) is 38.1 Å². The number of hydrogen-bond donors (Lipinski definition) is 1. The van der Waals surface area contributed by atoms with Crippen LogP contribution in [-0.4, -0.2) is 9.97 Å². The third-order valence-corrected chi connectivity index (χ3v) is 3.02. The van der Waals surface area contributed by atoms with Crippen LogP contribution in [-0.2, 0) is 0 Å². The standard InChI is InChI=1S/C12H11ClN2S/c1-7-11(14-8(2)15-12(7)16)9-4-3-5-10(13)6-9/h3-6H,1-2H3,(H,14,15,16). The van der Waals surface area contributed by atoms with Crippen LogP contribution >= 0.6 is 23.8 Å². The Morgan fingerprint density at radius 3 is 2.75 bits per heavy atom. The van der Waals surface area contributed by atoms with Crippen molar-refractivity contribution in [3.05, 3.63) is 45.3 Å². The monoisotopic (exact) mass is 250 g/mol. The Morgan fingerprint density at radius 1 is 1.31 bits per heavy atom. The van der Waals surface area contributed by atoms with Gasteiger partial charge in [0.1, 0.15) is 10.5 Å². The van der Waals surface area contributed by atoms with Crippen LogP contribution < -0.4 is 0 Å². The number of H-pyrrole nitrogens is 1. The fourth-order valence-electron chi connectivity index (χ4n) is 1.58. The van der Waals surface area contributed by atoms with E-state index in [4.69, 9.17) is 23.8 Å². The molecule has 16 heavy (non-hydrogen) atoms. The number of nitrogens with zero attached hydrogens (tertiary/aromatic N) is 1. The van der Waals surface area contributed by atoms with Gasteiger partial charge in [0.15, 0.2) is 0 Å². The predicted octanol–water partition coefficient (Wildman–Crippen LogP) is 4.08. The van der Waals surface area contributed by atoms with Crippen molar-refractivity contribution in [3.8, 4) is 11.3 Å². The van der Waals surface area contributed by atoms with Gasteiger partial charge in [-0.1, -0.05) is 36.0 Å². The number of aromatic nitrogens is 2. The van der Waals surface area contributed by atoms with Crippen LogP contribution in [0.5, 0.6) is 0 Å². The molecule has 2 nitrogen and oxygen atoms in total. The Balaban J connectivity index is 2.69. The lowest BCUT2D eigenvalue weighted by atomic mass is 10.1. The average Bonchev–Trinajstić information content (AvgIpc) is 2.23. The maximum Gasteiger partial charge on any atom is 0.133 e. The first kappa shape index (κ1) is 11.3. The molecule has 0 aliphatic carbocycles. The van der Waals surface area contributed by atoms with E-state index in [0.29, 0.717) is 9.66 Å². The molecule has 4 heteroatoms. The van der Waals surface area contributed by atoms with Crippen molar-refractivity contribution in [3.63, 3.8) is 0 Å². The Bertz CT molecular complexity index is 590.